The molecule has 0 bridgehead atoms. The Labute approximate surface area is 95.7 Å². The third kappa shape index (κ3) is 1.92. The average Bonchev–Trinajstić information content (AvgIpc) is 2.63. The van der Waals surface area contributed by atoms with Gasteiger partial charge >= 0.3 is 0 Å². The van der Waals surface area contributed by atoms with Crippen LogP contribution in [0.1, 0.15) is 38.4 Å². The third-order valence-electron chi connectivity index (χ3n) is 3.31. The van der Waals surface area contributed by atoms with Crippen molar-refractivity contribution in [2.45, 2.75) is 38.8 Å². The van der Waals surface area contributed by atoms with E-state index in [2.05, 4.69) is 11.8 Å². The molecule has 0 aliphatic carbocycles. The highest BCUT2D eigenvalue weighted by atomic mass is 19.1. The molecule has 1 aromatic rings. The summed E-state index contributed by atoms with van der Waals surface area (Å²) in [5, 5.41) is 9.67. The summed E-state index contributed by atoms with van der Waals surface area (Å²) in [5.74, 6) is -0.313. The summed E-state index contributed by atoms with van der Waals surface area (Å²) in [4.78, 5) is 2.19. The molecule has 1 saturated heterocycles. The Morgan fingerprint density at radius 2 is 2.25 bits per heavy atom. The van der Waals surface area contributed by atoms with E-state index >= 15 is 0 Å². The molecule has 2 nitrogen and oxygen atoms in total. The van der Waals surface area contributed by atoms with Gasteiger partial charge < -0.3 is 10.0 Å². The number of rotatable bonds is 2. The Morgan fingerprint density at radius 3 is 2.81 bits per heavy atom. The fourth-order valence-electron chi connectivity index (χ4n) is 2.48. The van der Waals surface area contributed by atoms with Crippen LogP contribution in [0.2, 0.25) is 0 Å². The van der Waals surface area contributed by atoms with E-state index in [1.54, 1.807) is 13.0 Å². The number of hydrogen-bond donors (Lipinski definition) is 1. The molecule has 1 fully saturated rings. The van der Waals surface area contributed by atoms with E-state index < -0.39 is 6.10 Å². The first kappa shape index (κ1) is 11.4. The first-order valence-electron chi connectivity index (χ1n) is 5.84. The second-order valence-electron chi connectivity index (χ2n) is 4.53. The summed E-state index contributed by atoms with van der Waals surface area (Å²) in [6.45, 7) is 4.71. The van der Waals surface area contributed by atoms with Gasteiger partial charge in [0.15, 0.2) is 0 Å². The standard InChI is InChI=1S/C13H18FNO/c1-9-5-4-8-15(9)12-7-3-6-11(14)13(12)10(2)16/h3,6-7,9-10,16H,4-5,8H2,1-2H3/t9?,10-/m0/s1. The van der Waals surface area contributed by atoms with Crippen LogP contribution in [0.25, 0.3) is 0 Å². The molecule has 1 aliphatic rings. The van der Waals surface area contributed by atoms with Crippen molar-refractivity contribution in [1.29, 1.82) is 0 Å². The summed E-state index contributed by atoms with van der Waals surface area (Å²) in [5.41, 5.74) is 1.27. The van der Waals surface area contributed by atoms with Crippen LogP contribution in [0.15, 0.2) is 18.2 Å². The minimum atomic E-state index is -0.760. The van der Waals surface area contributed by atoms with Crippen molar-refractivity contribution in [2.75, 3.05) is 11.4 Å². The second kappa shape index (κ2) is 4.42. The fourth-order valence-corrected chi connectivity index (χ4v) is 2.48. The molecule has 0 saturated carbocycles. The zero-order chi connectivity index (χ0) is 11.7. The van der Waals surface area contributed by atoms with Crippen molar-refractivity contribution >= 4 is 5.69 Å². The Balaban J connectivity index is 2.43. The predicted octanol–water partition coefficient (Wildman–Crippen LogP) is 2.87. The number of aliphatic hydroxyl groups is 1. The van der Waals surface area contributed by atoms with E-state index in [4.69, 9.17) is 0 Å². The number of halogens is 1. The molecule has 1 aliphatic heterocycles. The van der Waals surface area contributed by atoms with Crippen LogP contribution in [-0.2, 0) is 0 Å². The van der Waals surface area contributed by atoms with Gasteiger partial charge in [0.25, 0.3) is 0 Å². The van der Waals surface area contributed by atoms with Gasteiger partial charge in [-0.2, -0.15) is 0 Å². The van der Waals surface area contributed by atoms with E-state index in [0.717, 1.165) is 25.1 Å². The molecule has 2 rings (SSSR count). The van der Waals surface area contributed by atoms with Crippen molar-refractivity contribution in [3.63, 3.8) is 0 Å². The molecule has 3 heteroatoms. The minimum Gasteiger partial charge on any atom is -0.389 e. The molecule has 1 N–H and O–H groups in total. The van der Waals surface area contributed by atoms with Crippen LogP contribution >= 0.6 is 0 Å². The molecule has 1 heterocycles. The predicted molar refractivity (Wildman–Crippen MR) is 63.1 cm³/mol. The van der Waals surface area contributed by atoms with Crippen molar-refractivity contribution in [3.8, 4) is 0 Å². The topological polar surface area (TPSA) is 23.5 Å². The molecule has 88 valence electrons. The summed E-state index contributed by atoms with van der Waals surface area (Å²) < 4.78 is 13.7. The highest BCUT2D eigenvalue weighted by molar-refractivity contribution is 5.56. The fraction of sp³-hybridized carbons (Fsp3) is 0.538. The van der Waals surface area contributed by atoms with Crippen LogP contribution in [0.3, 0.4) is 0 Å². The van der Waals surface area contributed by atoms with Crippen molar-refractivity contribution < 1.29 is 9.50 Å². The van der Waals surface area contributed by atoms with Gasteiger partial charge in [0, 0.05) is 23.8 Å². The van der Waals surface area contributed by atoms with E-state index in [-0.39, 0.29) is 5.82 Å². The van der Waals surface area contributed by atoms with E-state index in [1.807, 2.05) is 6.07 Å². The maximum Gasteiger partial charge on any atom is 0.131 e. The number of aliphatic hydroxyl groups excluding tert-OH is 1. The number of nitrogens with zero attached hydrogens (tertiary/aromatic N) is 1. The maximum absolute atomic E-state index is 13.7. The molecule has 16 heavy (non-hydrogen) atoms. The Kier molecular flexibility index (Phi) is 3.15. The lowest BCUT2D eigenvalue weighted by atomic mass is 10.1. The third-order valence-corrected chi connectivity index (χ3v) is 3.31. The van der Waals surface area contributed by atoms with Gasteiger partial charge in [-0.3, -0.25) is 0 Å². The van der Waals surface area contributed by atoms with E-state index in [1.165, 1.54) is 6.07 Å². The monoisotopic (exact) mass is 223 g/mol. The second-order valence-corrected chi connectivity index (χ2v) is 4.53. The van der Waals surface area contributed by atoms with Gasteiger partial charge in [0.05, 0.1) is 6.10 Å². The number of anilines is 1. The van der Waals surface area contributed by atoms with Crippen molar-refractivity contribution in [2.24, 2.45) is 0 Å². The van der Waals surface area contributed by atoms with Gasteiger partial charge in [-0.05, 0) is 38.8 Å². The lowest BCUT2D eigenvalue weighted by Crippen LogP contribution is -2.28. The maximum atomic E-state index is 13.7. The quantitative estimate of drug-likeness (QED) is 0.833. The molecule has 0 amide bonds. The number of hydrogen-bond acceptors (Lipinski definition) is 2. The summed E-state index contributed by atoms with van der Waals surface area (Å²) in [6.07, 6.45) is 1.51. The smallest absolute Gasteiger partial charge is 0.131 e. The highest BCUT2D eigenvalue weighted by Gasteiger charge is 2.25. The Bertz CT molecular complexity index is 378. The number of benzene rings is 1. The zero-order valence-corrected chi connectivity index (χ0v) is 9.78. The largest absolute Gasteiger partial charge is 0.389 e. The van der Waals surface area contributed by atoms with Gasteiger partial charge in [-0.1, -0.05) is 6.07 Å². The summed E-state index contributed by atoms with van der Waals surface area (Å²) in [6, 6.07) is 5.44. The SMILES string of the molecule is CC1CCCN1c1cccc(F)c1[C@H](C)O. The zero-order valence-electron chi connectivity index (χ0n) is 9.78. The minimum absolute atomic E-state index is 0.313. The highest BCUT2D eigenvalue weighted by Crippen LogP contribution is 2.33. The first-order valence-corrected chi connectivity index (χ1v) is 5.84. The van der Waals surface area contributed by atoms with Crippen LogP contribution < -0.4 is 4.90 Å². The normalized spacial score (nSPS) is 22.5. The average molecular weight is 223 g/mol. The molecular weight excluding hydrogens is 205 g/mol. The lowest BCUT2D eigenvalue weighted by molar-refractivity contribution is 0.194. The lowest BCUT2D eigenvalue weighted by Gasteiger charge is -2.27. The molecule has 0 aromatic heterocycles. The molecule has 0 spiro atoms. The van der Waals surface area contributed by atoms with Crippen LogP contribution in [-0.4, -0.2) is 17.7 Å². The van der Waals surface area contributed by atoms with Crippen LogP contribution in [0, 0.1) is 5.82 Å². The van der Waals surface area contributed by atoms with Gasteiger partial charge in [0.2, 0.25) is 0 Å². The van der Waals surface area contributed by atoms with Crippen molar-refractivity contribution in [3.05, 3.63) is 29.6 Å². The molecule has 1 aromatic carbocycles. The van der Waals surface area contributed by atoms with Gasteiger partial charge in [-0.15, -0.1) is 0 Å². The molecular formula is C13H18FNO. The molecule has 0 radical (unpaired) electrons. The Morgan fingerprint density at radius 1 is 1.50 bits per heavy atom. The van der Waals surface area contributed by atoms with E-state index in [0.29, 0.717) is 11.6 Å². The summed E-state index contributed by atoms with van der Waals surface area (Å²) in [7, 11) is 0. The first-order chi connectivity index (χ1) is 7.61. The summed E-state index contributed by atoms with van der Waals surface area (Å²) >= 11 is 0. The van der Waals surface area contributed by atoms with Crippen molar-refractivity contribution in [1.82, 2.24) is 0 Å². The van der Waals surface area contributed by atoms with Crippen LogP contribution in [0.4, 0.5) is 10.1 Å². The Hall–Kier alpha value is -1.09. The van der Waals surface area contributed by atoms with Crippen LogP contribution in [0.5, 0.6) is 0 Å². The molecule has 2 atom stereocenters. The van der Waals surface area contributed by atoms with E-state index in [9.17, 15) is 9.50 Å². The van der Waals surface area contributed by atoms with Gasteiger partial charge in [0.1, 0.15) is 5.82 Å². The molecule has 1 unspecified atom stereocenters. The van der Waals surface area contributed by atoms with Gasteiger partial charge in [-0.25, -0.2) is 4.39 Å².